The fourth-order valence-electron chi connectivity index (χ4n) is 1.93. The van der Waals surface area contributed by atoms with Crippen molar-refractivity contribution in [1.29, 1.82) is 0 Å². The van der Waals surface area contributed by atoms with Crippen LogP contribution in [0.3, 0.4) is 0 Å². The summed E-state index contributed by atoms with van der Waals surface area (Å²) in [7, 11) is 0. The molecule has 3 N–H and O–H groups in total. The first-order valence-corrected chi connectivity index (χ1v) is 5.72. The van der Waals surface area contributed by atoms with E-state index in [0.717, 1.165) is 19.4 Å². The number of aromatic nitrogens is 1. The molecule has 1 aromatic rings. The van der Waals surface area contributed by atoms with Crippen LogP contribution in [0.15, 0.2) is 18.5 Å². The Morgan fingerprint density at radius 3 is 3.18 bits per heavy atom. The van der Waals surface area contributed by atoms with Gasteiger partial charge >= 0.3 is 0 Å². The maximum Gasteiger partial charge on any atom is 0.255 e. The van der Waals surface area contributed by atoms with Gasteiger partial charge in [-0.2, -0.15) is 0 Å². The third kappa shape index (κ3) is 2.74. The van der Waals surface area contributed by atoms with Crippen LogP contribution in [0.2, 0.25) is 0 Å². The van der Waals surface area contributed by atoms with Crippen molar-refractivity contribution in [3.05, 3.63) is 24.0 Å². The molecule has 1 aliphatic rings. The molecule has 5 nitrogen and oxygen atoms in total. The average Bonchev–Trinajstić information content (AvgIpc) is 2.74. The first kappa shape index (κ1) is 11.9. The van der Waals surface area contributed by atoms with Crippen LogP contribution in [0.1, 0.15) is 30.1 Å². The van der Waals surface area contributed by atoms with Gasteiger partial charge < -0.3 is 15.8 Å². The Hall–Kier alpha value is -1.62. The van der Waals surface area contributed by atoms with Crippen molar-refractivity contribution in [2.75, 3.05) is 18.9 Å². The minimum Gasteiger partial charge on any atom is -0.398 e. The second kappa shape index (κ2) is 4.71. The van der Waals surface area contributed by atoms with Crippen molar-refractivity contribution >= 4 is 11.6 Å². The molecule has 0 aliphatic carbocycles. The number of carbonyl (C=O) groups excluding carboxylic acids is 1. The molecular weight excluding hydrogens is 218 g/mol. The highest BCUT2D eigenvalue weighted by Gasteiger charge is 2.30. The summed E-state index contributed by atoms with van der Waals surface area (Å²) in [5, 5.41) is 2.84. The molecule has 1 aromatic heterocycles. The van der Waals surface area contributed by atoms with E-state index in [0.29, 0.717) is 17.8 Å². The van der Waals surface area contributed by atoms with Crippen LogP contribution in [0, 0.1) is 0 Å². The number of hydrogen-bond acceptors (Lipinski definition) is 4. The van der Waals surface area contributed by atoms with Crippen molar-refractivity contribution in [3.63, 3.8) is 0 Å². The topological polar surface area (TPSA) is 77.2 Å². The lowest BCUT2D eigenvalue weighted by atomic mass is 10.0. The summed E-state index contributed by atoms with van der Waals surface area (Å²) in [5.74, 6) is -0.202. The van der Waals surface area contributed by atoms with Gasteiger partial charge in [0.15, 0.2) is 0 Å². The number of nitrogens with one attached hydrogen (secondary N) is 1. The minimum absolute atomic E-state index is 0.202. The molecular formula is C12H17N3O2. The van der Waals surface area contributed by atoms with Crippen molar-refractivity contribution < 1.29 is 9.53 Å². The van der Waals surface area contributed by atoms with Gasteiger partial charge in [-0.05, 0) is 25.8 Å². The number of rotatable bonds is 3. The third-order valence-corrected chi connectivity index (χ3v) is 3.02. The van der Waals surface area contributed by atoms with Gasteiger partial charge in [0.2, 0.25) is 0 Å². The molecule has 0 saturated carbocycles. The van der Waals surface area contributed by atoms with Gasteiger partial charge in [0.05, 0.1) is 11.2 Å². The number of pyridine rings is 1. The number of carbonyl (C=O) groups is 1. The highest BCUT2D eigenvalue weighted by atomic mass is 16.5. The van der Waals surface area contributed by atoms with E-state index in [4.69, 9.17) is 10.5 Å². The fraction of sp³-hybridized carbons (Fsp3) is 0.500. The fourth-order valence-corrected chi connectivity index (χ4v) is 1.93. The van der Waals surface area contributed by atoms with Crippen LogP contribution in [0.4, 0.5) is 5.69 Å². The van der Waals surface area contributed by atoms with Gasteiger partial charge in [-0.3, -0.25) is 9.78 Å². The molecule has 1 unspecified atom stereocenters. The van der Waals surface area contributed by atoms with E-state index in [-0.39, 0.29) is 11.5 Å². The zero-order valence-electron chi connectivity index (χ0n) is 9.90. The van der Waals surface area contributed by atoms with Crippen LogP contribution in [-0.4, -0.2) is 29.6 Å². The summed E-state index contributed by atoms with van der Waals surface area (Å²) in [4.78, 5) is 15.8. The van der Waals surface area contributed by atoms with E-state index >= 15 is 0 Å². The van der Waals surface area contributed by atoms with E-state index in [1.807, 2.05) is 6.92 Å². The van der Waals surface area contributed by atoms with Gasteiger partial charge in [0.25, 0.3) is 5.91 Å². The molecule has 1 fully saturated rings. The van der Waals surface area contributed by atoms with E-state index in [1.54, 1.807) is 12.3 Å². The molecule has 5 heteroatoms. The molecule has 1 saturated heterocycles. The first-order chi connectivity index (χ1) is 8.11. The van der Waals surface area contributed by atoms with Gasteiger partial charge in [-0.15, -0.1) is 0 Å². The number of amides is 1. The molecule has 0 spiro atoms. The Morgan fingerprint density at radius 1 is 1.71 bits per heavy atom. The maximum absolute atomic E-state index is 11.9. The second-order valence-corrected chi connectivity index (χ2v) is 4.55. The number of ether oxygens (including phenoxy) is 1. The Kier molecular flexibility index (Phi) is 3.28. The summed E-state index contributed by atoms with van der Waals surface area (Å²) in [6.07, 6.45) is 5.05. The molecule has 0 aromatic carbocycles. The normalized spacial score (nSPS) is 23.6. The molecule has 92 valence electrons. The van der Waals surface area contributed by atoms with Gasteiger partial charge in [0.1, 0.15) is 0 Å². The van der Waals surface area contributed by atoms with E-state index < -0.39 is 0 Å². The lowest BCUT2D eigenvalue weighted by Crippen LogP contribution is -2.40. The second-order valence-electron chi connectivity index (χ2n) is 4.55. The molecule has 1 atom stereocenters. The van der Waals surface area contributed by atoms with Crippen LogP contribution >= 0.6 is 0 Å². The van der Waals surface area contributed by atoms with Crippen molar-refractivity contribution in [2.24, 2.45) is 0 Å². The van der Waals surface area contributed by atoms with Crippen LogP contribution < -0.4 is 11.1 Å². The molecule has 2 heterocycles. The SMILES string of the molecule is CC1(CNC(=O)c2cnccc2N)CCCO1. The largest absolute Gasteiger partial charge is 0.398 e. The molecule has 1 amide bonds. The summed E-state index contributed by atoms with van der Waals surface area (Å²) >= 11 is 0. The van der Waals surface area contributed by atoms with Crippen molar-refractivity contribution in [2.45, 2.75) is 25.4 Å². The zero-order chi connectivity index (χ0) is 12.3. The van der Waals surface area contributed by atoms with Crippen molar-refractivity contribution in [1.82, 2.24) is 10.3 Å². The summed E-state index contributed by atoms with van der Waals surface area (Å²) in [6, 6.07) is 1.61. The monoisotopic (exact) mass is 235 g/mol. The average molecular weight is 235 g/mol. The zero-order valence-corrected chi connectivity index (χ0v) is 9.90. The number of nitrogens with zero attached hydrogens (tertiary/aromatic N) is 1. The third-order valence-electron chi connectivity index (χ3n) is 3.02. The highest BCUT2D eigenvalue weighted by molar-refractivity contribution is 5.98. The van der Waals surface area contributed by atoms with Gasteiger partial charge in [-0.25, -0.2) is 0 Å². The van der Waals surface area contributed by atoms with Gasteiger partial charge in [0, 0.05) is 31.2 Å². The van der Waals surface area contributed by atoms with Crippen LogP contribution in [0.5, 0.6) is 0 Å². The molecule has 0 bridgehead atoms. The lowest BCUT2D eigenvalue weighted by molar-refractivity contribution is 0.0206. The lowest BCUT2D eigenvalue weighted by Gasteiger charge is -2.23. The number of nitrogen functional groups attached to an aromatic ring is 1. The van der Waals surface area contributed by atoms with Crippen LogP contribution in [-0.2, 0) is 4.74 Å². The van der Waals surface area contributed by atoms with E-state index in [1.165, 1.54) is 6.20 Å². The minimum atomic E-state index is -0.243. The predicted octanol–water partition coefficient (Wildman–Crippen LogP) is 0.963. The Bertz CT molecular complexity index is 414. The van der Waals surface area contributed by atoms with Crippen LogP contribution in [0.25, 0.3) is 0 Å². The maximum atomic E-state index is 11.9. The standard InChI is InChI=1S/C12H17N3O2/c1-12(4-2-6-17-12)8-15-11(16)9-7-14-5-3-10(9)13/h3,5,7H,2,4,6,8H2,1H3,(H2,13,14)(H,15,16). The number of anilines is 1. The summed E-state index contributed by atoms with van der Waals surface area (Å²) < 4.78 is 5.60. The Morgan fingerprint density at radius 2 is 2.53 bits per heavy atom. The summed E-state index contributed by atoms with van der Waals surface area (Å²) in [5.41, 5.74) is 6.31. The van der Waals surface area contributed by atoms with Gasteiger partial charge in [-0.1, -0.05) is 0 Å². The first-order valence-electron chi connectivity index (χ1n) is 5.72. The molecule has 2 rings (SSSR count). The van der Waals surface area contributed by atoms with E-state index in [2.05, 4.69) is 10.3 Å². The quantitative estimate of drug-likeness (QED) is 0.818. The predicted molar refractivity (Wildman–Crippen MR) is 64.6 cm³/mol. The Balaban J connectivity index is 1.96. The number of nitrogens with two attached hydrogens (primary N) is 1. The highest BCUT2D eigenvalue weighted by Crippen LogP contribution is 2.24. The van der Waals surface area contributed by atoms with E-state index in [9.17, 15) is 4.79 Å². The Labute approximate surface area is 100 Å². The molecule has 0 radical (unpaired) electrons. The van der Waals surface area contributed by atoms with Crippen molar-refractivity contribution in [3.8, 4) is 0 Å². The molecule has 17 heavy (non-hydrogen) atoms. The number of hydrogen-bond donors (Lipinski definition) is 2. The molecule has 1 aliphatic heterocycles. The summed E-state index contributed by atoms with van der Waals surface area (Å²) in [6.45, 7) is 3.27. The smallest absolute Gasteiger partial charge is 0.255 e.